The minimum atomic E-state index is 1.32. The number of rotatable bonds is 2. The Morgan fingerprint density at radius 3 is 2.35 bits per heavy atom. The maximum Gasteiger partial charge on any atom is 0.0491 e. The lowest BCUT2D eigenvalue weighted by molar-refractivity contribution is 1.60. The fraction of sp³-hybridized carbons (Fsp3) is 0.0667. The third kappa shape index (κ3) is 1.88. The van der Waals surface area contributed by atoms with E-state index in [0.717, 1.165) is 0 Å². The van der Waals surface area contributed by atoms with Crippen molar-refractivity contribution >= 4 is 33.2 Å². The number of fused-ring (bicyclic) bond motifs is 1. The summed E-state index contributed by atoms with van der Waals surface area (Å²) in [5.74, 6) is 0. The van der Waals surface area contributed by atoms with E-state index in [4.69, 9.17) is 0 Å². The Bertz CT molecular complexity index is 638. The fourth-order valence-electron chi connectivity index (χ4n) is 2.00. The molecule has 0 fully saturated rings. The Balaban J connectivity index is 2.30. The van der Waals surface area contributed by atoms with E-state index in [1.807, 2.05) is 23.1 Å². The van der Waals surface area contributed by atoms with Crippen LogP contribution in [-0.2, 0) is 0 Å². The summed E-state index contributed by atoms with van der Waals surface area (Å²) >= 11 is 3.72. The van der Waals surface area contributed by atoms with Crippen molar-refractivity contribution in [1.82, 2.24) is 0 Å². The normalized spacial score (nSPS) is 10.9. The first-order valence-corrected chi connectivity index (χ1v) is 7.55. The van der Waals surface area contributed by atoms with Crippen LogP contribution in [0.15, 0.2) is 59.5 Å². The van der Waals surface area contributed by atoms with Crippen molar-refractivity contribution < 1.29 is 0 Å². The summed E-state index contributed by atoms with van der Waals surface area (Å²) in [4.78, 5) is 2.79. The molecule has 2 aromatic carbocycles. The maximum absolute atomic E-state index is 2.21. The molecule has 0 aliphatic heterocycles. The summed E-state index contributed by atoms with van der Waals surface area (Å²) < 4.78 is 1.37. The summed E-state index contributed by atoms with van der Waals surface area (Å²) in [7, 11) is 0. The molecule has 0 unspecified atom stereocenters. The van der Waals surface area contributed by atoms with Gasteiger partial charge in [-0.25, -0.2) is 0 Å². The van der Waals surface area contributed by atoms with E-state index >= 15 is 0 Å². The molecule has 0 saturated heterocycles. The van der Waals surface area contributed by atoms with Crippen LogP contribution in [0, 0.1) is 0 Å². The summed E-state index contributed by atoms with van der Waals surface area (Å²) in [5.41, 5.74) is 1.32. The summed E-state index contributed by atoms with van der Waals surface area (Å²) in [6.45, 7) is 0. The van der Waals surface area contributed by atoms with Crippen LogP contribution < -0.4 is 0 Å². The van der Waals surface area contributed by atoms with Gasteiger partial charge in [-0.05, 0) is 17.9 Å². The van der Waals surface area contributed by atoms with E-state index in [1.165, 1.54) is 25.4 Å². The van der Waals surface area contributed by atoms with Crippen LogP contribution >= 0.6 is 23.1 Å². The smallest absolute Gasteiger partial charge is 0.0491 e. The van der Waals surface area contributed by atoms with Crippen molar-refractivity contribution in [2.45, 2.75) is 4.90 Å². The van der Waals surface area contributed by atoms with Crippen LogP contribution in [0.25, 0.3) is 20.5 Å². The van der Waals surface area contributed by atoms with Gasteiger partial charge >= 0.3 is 0 Å². The first-order valence-electron chi connectivity index (χ1n) is 5.51. The van der Waals surface area contributed by atoms with E-state index in [1.54, 1.807) is 0 Å². The van der Waals surface area contributed by atoms with Crippen molar-refractivity contribution in [2.75, 3.05) is 6.26 Å². The molecule has 84 valence electrons. The van der Waals surface area contributed by atoms with E-state index in [-0.39, 0.29) is 0 Å². The first-order chi connectivity index (χ1) is 8.40. The van der Waals surface area contributed by atoms with Gasteiger partial charge in [-0.2, -0.15) is 0 Å². The van der Waals surface area contributed by atoms with Gasteiger partial charge in [-0.1, -0.05) is 48.5 Å². The molecular formula is C15H12S2. The quantitative estimate of drug-likeness (QED) is 0.561. The Morgan fingerprint density at radius 2 is 1.59 bits per heavy atom. The van der Waals surface area contributed by atoms with Crippen molar-refractivity contribution in [3.8, 4) is 10.4 Å². The highest BCUT2D eigenvalue weighted by molar-refractivity contribution is 7.99. The van der Waals surface area contributed by atoms with Gasteiger partial charge in [0.25, 0.3) is 0 Å². The summed E-state index contributed by atoms with van der Waals surface area (Å²) in [6, 6.07) is 19.3. The lowest BCUT2D eigenvalue weighted by Crippen LogP contribution is -1.74. The number of hydrogen-bond donors (Lipinski definition) is 0. The molecule has 0 nitrogen and oxygen atoms in total. The van der Waals surface area contributed by atoms with Gasteiger partial charge in [0.1, 0.15) is 0 Å². The average molecular weight is 256 g/mol. The molecule has 3 aromatic rings. The molecule has 0 atom stereocenters. The molecule has 2 heteroatoms. The van der Waals surface area contributed by atoms with Crippen LogP contribution in [0.5, 0.6) is 0 Å². The van der Waals surface area contributed by atoms with Gasteiger partial charge in [-0.3, -0.25) is 0 Å². The third-order valence-corrected chi connectivity index (χ3v) is 4.97. The van der Waals surface area contributed by atoms with E-state index in [0.29, 0.717) is 0 Å². The lowest BCUT2D eigenvalue weighted by atomic mass is 10.1. The Labute approximate surface area is 109 Å². The summed E-state index contributed by atoms with van der Waals surface area (Å²) in [6.07, 6.45) is 2.15. The molecular weight excluding hydrogens is 244 g/mol. The molecule has 3 rings (SSSR count). The van der Waals surface area contributed by atoms with Crippen molar-refractivity contribution in [2.24, 2.45) is 0 Å². The number of hydrogen-bond acceptors (Lipinski definition) is 2. The number of thioether (sulfide) groups is 1. The zero-order valence-electron chi connectivity index (χ0n) is 9.51. The van der Waals surface area contributed by atoms with E-state index in [2.05, 4.69) is 60.9 Å². The van der Waals surface area contributed by atoms with Gasteiger partial charge in [0.2, 0.25) is 0 Å². The average Bonchev–Trinajstić information content (AvgIpc) is 2.78. The molecule has 0 N–H and O–H groups in total. The zero-order chi connectivity index (χ0) is 11.7. The molecule has 0 saturated carbocycles. The minimum Gasteiger partial charge on any atom is -0.134 e. The molecule has 0 amide bonds. The molecule has 1 heterocycles. The van der Waals surface area contributed by atoms with Gasteiger partial charge < -0.3 is 0 Å². The predicted octanol–water partition coefficient (Wildman–Crippen LogP) is 5.29. The zero-order valence-corrected chi connectivity index (χ0v) is 11.1. The van der Waals surface area contributed by atoms with Crippen molar-refractivity contribution in [3.63, 3.8) is 0 Å². The van der Waals surface area contributed by atoms with Crippen LogP contribution in [-0.4, -0.2) is 6.26 Å². The number of benzene rings is 2. The Morgan fingerprint density at radius 1 is 0.882 bits per heavy atom. The molecule has 0 spiro atoms. The van der Waals surface area contributed by atoms with Crippen molar-refractivity contribution in [1.29, 1.82) is 0 Å². The third-order valence-electron chi connectivity index (χ3n) is 2.79. The van der Waals surface area contributed by atoms with Crippen LogP contribution in [0.2, 0.25) is 0 Å². The van der Waals surface area contributed by atoms with Crippen LogP contribution in [0.3, 0.4) is 0 Å². The second-order valence-corrected chi connectivity index (χ2v) is 5.70. The predicted molar refractivity (Wildman–Crippen MR) is 79.0 cm³/mol. The second kappa shape index (κ2) is 4.55. The van der Waals surface area contributed by atoms with Gasteiger partial charge in [-0.15, -0.1) is 23.1 Å². The van der Waals surface area contributed by atoms with Crippen LogP contribution in [0.1, 0.15) is 0 Å². The first kappa shape index (κ1) is 10.9. The highest BCUT2D eigenvalue weighted by atomic mass is 32.2. The van der Waals surface area contributed by atoms with Gasteiger partial charge in [0.05, 0.1) is 0 Å². The molecule has 1 aromatic heterocycles. The van der Waals surface area contributed by atoms with Gasteiger partial charge in [0.15, 0.2) is 0 Å². The minimum absolute atomic E-state index is 1.32. The highest BCUT2D eigenvalue weighted by Crippen LogP contribution is 2.43. The van der Waals surface area contributed by atoms with Crippen LogP contribution in [0.4, 0.5) is 0 Å². The monoisotopic (exact) mass is 256 g/mol. The number of thiophene rings is 1. The Hall–Kier alpha value is -1.25. The maximum atomic E-state index is 2.21. The standard InChI is InChI=1S/C15H12S2/c1-16-15-12-9-5-6-10-13(12)17-14(15)11-7-3-2-4-8-11/h2-10H,1H3. The van der Waals surface area contributed by atoms with Gasteiger partial charge in [0, 0.05) is 19.9 Å². The van der Waals surface area contributed by atoms with E-state index < -0.39 is 0 Å². The van der Waals surface area contributed by atoms with E-state index in [9.17, 15) is 0 Å². The lowest BCUT2D eigenvalue weighted by Gasteiger charge is -2.00. The second-order valence-electron chi connectivity index (χ2n) is 3.83. The van der Waals surface area contributed by atoms with Crippen molar-refractivity contribution in [3.05, 3.63) is 54.6 Å². The molecule has 17 heavy (non-hydrogen) atoms. The Kier molecular flexibility index (Phi) is 2.91. The highest BCUT2D eigenvalue weighted by Gasteiger charge is 2.11. The molecule has 0 aliphatic carbocycles. The summed E-state index contributed by atoms with van der Waals surface area (Å²) in [5, 5.41) is 1.38. The SMILES string of the molecule is CSc1c(-c2ccccc2)sc2ccccc12. The largest absolute Gasteiger partial charge is 0.134 e. The molecule has 0 radical (unpaired) electrons. The molecule has 0 bridgehead atoms. The topological polar surface area (TPSA) is 0 Å². The fourth-order valence-corrected chi connectivity index (χ4v) is 4.25. The molecule has 0 aliphatic rings.